The summed E-state index contributed by atoms with van der Waals surface area (Å²) in [6, 6.07) is 0. The smallest absolute Gasteiger partial charge is 0.330 e. The number of carbonyl (C=O) groups excluding carboxylic acids is 1. The van der Waals surface area contributed by atoms with Gasteiger partial charge < -0.3 is 9.47 Å². The topological polar surface area (TPSA) is 90.4 Å². The van der Waals surface area contributed by atoms with E-state index in [1.54, 1.807) is 4.98 Å². The lowest BCUT2D eigenvalue weighted by Gasteiger charge is -2.16. The number of nitrogens with one attached hydrogen (secondary N) is 1. The van der Waals surface area contributed by atoms with Crippen molar-refractivity contribution in [2.45, 2.75) is 19.3 Å². The molecule has 1 aliphatic heterocycles. The van der Waals surface area contributed by atoms with Crippen molar-refractivity contribution >= 4 is 5.97 Å². The molecule has 0 amide bonds. The van der Waals surface area contributed by atoms with Gasteiger partial charge in [0.1, 0.15) is 18.5 Å². The molecule has 0 saturated carbocycles. The van der Waals surface area contributed by atoms with Gasteiger partial charge in [0.2, 0.25) is 5.82 Å². The molecule has 7 nitrogen and oxygen atoms in total. The maximum atomic E-state index is 13.7. The van der Waals surface area contributed by atoms with Gasteiger partial charge in [-0.15, -0.1) is 0 Å². The molecule has 0 spiro atoms. The van der Waals surface area contributed by atoms with Gasteiger partial charge in [-0.3, -0.25) is 19.1 Å². The molecule has 2 heterocycles. The van der Waals surface area contributed by atoms with E-state index in [0.717, 1.165) is 6.08 Å². The number of esters is 1. The second-order valence-corrected chi connectivity index (χ2v) is 4.02. The Kier molecular flexibility index (Phi) is 3.79. The molecule has 0 aliphatic carbocycles. The van der Waals surface area contributed by atoms with Gasteiger partial charge >= 0.3 is 11.7 Å². The highest BCUT2D eigenvalue weighted by Crippen LogP contribution is 2.28. The Balaban J connectivity index is 2.22. The molecular weight excluding hydrogens is 278 g/mol. The molecule has 1 N–H and O–H groups in total. The third kappa shape index (κ3) is 2.82. The summed E-state index contributed by atoms with van der Waals surface area (Å²) in [5, 5.41) is 0. The average molecular weight is 288 g/mol. The number of carbonyl (C=O) groups is 1. The number of aromatic nitrogens is 2. The number of ether oxygens (including phenoxy) is 2. The lowest BCUT2D eigenvalue weighted by molar-refractivity contribution is -0.145. The highest BCUT2D eigenvalue weighted by molar-refractivity contribution is 5.65. The van der Waals surface area contributed by atoms with Crippen molar-refractivity contribution in [2.75, 3.05) is 6.61 Å². The Labute approximate surface area is 110 Å². The van der Waals surface area contributed by atoms with Crippen molar-refractivity contribution in [3.05, 3.63) is 44.8 Å². The van der Waals surface area contributed by atoms with Crippen LogP contribution in [-0.2, 0) is 14.3 Å². The summed E-state index contributed by atoms with van der Waals surface area (Å²) in [5.41, 5.74) is -2.22. The number of halogens is 2. The van der Waals surface area contributed by atoms with Crippen LogP contribution in [0.15, 0.2) is 27.7 Å². The van der Waals surface area contributed by atoms with Crippen LogP contribution in [0.4, 0.5) is 8.78 Å². The van der Waals surface area contributed by atoms with Crippen LogP contribution >= 0.6 is 0 Å². The molecule has 2 rings (SSSR count). The third-order valence-corrected chi connectivity index (χ3v) is 2.51. The summed E-state index contributed by atoms with van der Waals surface area (Å²) in [5.74, 6) is -2.67. The molecule has 9 heteroatoms. The molecule has 1 aromatic heterocycles. The zero-order chi connectivity index (χ0) is 14.9. The largest absolute Gasteiger partial charge is 0.463 e. The Morgan fingerprint density at radius 3 is 2.85 bits per heavy atom. The predicted octanol–water partition coefficient (Wildman–Crippen LogP) is -0.0104. The normalized spacial score (nSPS) is 21.6. The maximum Gasteiger partial charge on any atom is 0.330 e. The van der Waals surface area contributed by atoms with Crippen LogP contribution < -0.4 is 11.2 Å². The molecule has 0 bridgehead atoms. The van der Waals surface area contributed by atoms with Crippen LogP contribution in [0.2, 0.25) is 0 Å². The number of H-pyrrole nitrogens is 1. The van der Waals surface area contributed by atoms with Gasteiger partial charge in [0.05, 0.1) is 6.20 Å². The monoisotopic (exact) mass is 288 g/mol. The van der Waals surface area contributed by atoms with Crippen LogP contribution in [-0.4, -0.2) is 28.2 Å². The van der Waals surface area contributed by atoms with Gasteiger partial charge in [0.25, 0.3) is 5.56 Å². The molecule has 1 aliphatic rings. The molecule has 1 aromatic rings. The molecule has 2 atom stereocenters. The van der Waals surface area contributed by atoms with Crippen molar-refractivity contribution in [1.82, 2.24) is 9.55 Å². The predicted molar refractivity (Wildman–Crippen MR) is 61.0 cm³/mol. The number of hydrogen-bond donors (Lipinski definition) is 1. The minimum atomic E-state index is -1.51. The molecule has 108 valence electrons. The number of nitrogens with zero attached hydrogens (tertiary/aromatic N) is 1. The van der Waals surface area contributed by atoms with E-state index in [-0.39, 0.29) is 6.61 Å². The van der Waals surface area contributed by atoms with Gasteiger partial charge in [-0.1, -0.05) is 0 Å². The Morgan fingerprint density at radius 2 is 2.20 bits per heavy atom. The van der Waals surface area contributed by atoms with Crippen LogP contribution in [0.25, 0.3) is 0 Å². The Bertz CT molecular complexity index is 678. The van der Waals surface area contributed by atoms with Crippen molar-refractivity contribution < 1.29 is 23.0 Å². The third-order valence-electron chi connectivity index (χ3n) is 2.51. The van der Waals surface area contributed by atoms with E-state index in [2.05, 4.69) is 4.74 Å². The average Bonchev–Trinajstić information content (AvgIpc) is 2.72. The fourth-order valence-corrected chi connectivity index (χ4v) is 1.65. The Hall–Kier alpha value is -2.29. The van der Waals surface area contributed by atoms with E-state index in [9.17, 15) is 23.2 Å². The lowest BCUT2D eigenvalue weighted by atomic mass is 10.3. The first-order chi connectivity index (χ1) is 9.38. The van der Waals surface area contributed by atoms with E-state index in [1.807, 2.05) is 0 Å². The summed E-state index contributed by atoms with van der Waals surface area (Å²) >= 11 is 0. The Morgan fingerprint density at radius 1 is 1.50 bits per heavy atom. The van der Waals surface area contributed by atoms with Crippen LogP contribution in [0.1, 0.15) is 13.2 Å². The SMILES string of the molecule is CC(=O)OC[C@@H]1C=C(F)[C@H](n2cc(F)c(=O)[nH]c2=O)O1. The minimum absolute atomic E-state index is 0.236. The minimum Gasteiger partial charge on any atom is -0.463 e. The van der Waals surface area contributed by atoms with E-state index in [0.29, 0.717) is 10.8 Å². The van der Waals surface area contributed by atoms with Crippen LogP contribution in [0, 0.1) is 5.82 Å². The first-order valence-electron chi connectivity index (χ1n) is 5.55. The number of aromatic amines is 1. The summed E-state index contributed by atoms with van der Waals surface area (Å²) < 4.78 is 37.1. The van der Waals surface area contributed by atoms with Gasteiger partial charge in [-0.2, -0.15) is 4.39 Å². The molecule has 0 radical (unpaired) electrons. The van der Waals surface area contributed by atoms with Gasteiger partial charge in [0, 0.05) is 6.92 Å². The number of hydrogen-bond acceptors (Lipinski definition) is 5. The van der Waals surface area contributed by atoms with Crippen molar-refractivity contribution in [3.8, 4) is 0 Å². The van der Waals surface area contributed by atoms with E-state index in [4.69, 9.17) is 4.74 Å². The standard InChI is InChI=1S/C11H10F2N2O5/c1-5(16)19-4-6-2-7(12)10(20-6)15-3-8(13)9(17)14-11(15)18/h2-3,6,10H,4H2,1H3,(H,14,17,18)/t6-,10+/m0/s1. The highest BCUT2D eigenvalue weighted by atomic mass is 19.1. The summed E-state index contributed by atoms with van der Waals surface area (Å²) in [4.78, 5) is 34.7. The second-order valence-electron chi connectivity index (χ2n) is 4.02. The summed E-state index contributed by atoms with van der Waals surface area (Å²) in [6.07, 6.45) is -0.850. The first-order valence-corrected chi connectivity index (χ1v) is 5.55. The van der Waals surface area contributed by atoms with Crippen LogP contribution in [0.3, 0.4) is 0 Å². The molecular formula is C11H10F2N2O5. The second kappa shape index (κ2) is 5.37. The van der Waals surface area contributed by atoms with Crippen molar-refractivity contribution in [3.63, 3.8) is 0 Å². The van der Waals surface area contributed by atoms with E-state index in [1.165, 1.54) is 6.92 Å². The fourth-order valence-electron chi connectivity index (χ4n) is 1.65. The van der Waals surface area contributed by atoms with Gasteiger partial charge in [0.15, 0.2) is 6.23 Å². The molecule has 0 saturated heterocycles. The number of rotatable bonds is 3. The summed E-state index contributed by atoms with van der Waals surface area (Å²) in [6.45, 7) is 0.939. The quantitative estimate of drug-likeness (QED) is 0.790. The zero-order valence-corrected chi connectivity index (χ0v) is 10.3. The van der Waals surface area contributed by atoms with E-state index < -0.39 is 41.2 Å². The highest BCUT2D eigenvalue weighted by Gasteiger charge is 2.31. The maximum absolute atomic E-state index is 13.7. The van der Waals surface area contributed by atoms with E-state index >= 15 is 0 Å². The lowest BCUT2D eigenvalue weighted by Crippen LogP contribution is -2.34. The van der Waals surface area contributed by atoms with Gasteiger partial charge in [-0.05, 0) is 6.08 Å². The van der Waals surface area contributed by atoms with Crippen molar-refractivity contribution in [2.24, 2.45) is 0 Å². The van der Waals surface area contributed by atoms with Gasteiger partial charge in [-0.25, -0.2) is 9.18 Å². The zero-order valence-electron chi connectivity index (χ0n) is 10.3. The van der Waals surface area contributed by atoms with Crippen LogP contribution in [0.5, 0.6) is 0 Å². The molecule has 0 aromatic carbocycles. The molecule has 0 unspecified atom stereocenters. The fraction of sp³-hybridized carbons (Fsp3) is 0.364. The summed E-state index contributed by atoms with van der Waals surface area (Å²) in [7, 11) is 0. The molecule has 0 fully saturated rings. The first kappa shape index (κ1) is 14.1. The van der Waals surface area contributed by atoms with Crippen molar-refractivity contribution in [1.29, 1.82) is 0 Å². The molecule has 20 heavy (non-hydrogen) atoms.